The van der Waals surface area contributed by atoms with Crippen molar-refractivity contribution in [3.63, 3.8) is 0 Å². The van der Waals surface area contributed by atoms with Crippen LogP contribution in [0.5, 0.6) is 0 Å². The van der Waals surface area contributed by atoms with E-state index in [1.54, 1.807) is 0 Å². The van der Waals surface area contributed by atoms with Gasteiger partial charge in [-0.25, -0.2) is 0 Å². The number of halogens is 1. The molecule has 0 radical (unpaired) electrons. The molecule has 0 bridgehead atoms. The average molecular weight is 342 g/mol. The maximum absolute atomic E-state index is 9.03. The van der Waals surface area contributed by atoms with Gasteiger partial charge in [0.2, 0.25) is 0 Å². The fraction of sp³-hybridized carbons (Fsp3) is 0.235. The second-order valence-electron chi connectivity index (χ2n) is 5.33. The van der Waals surface area contributed by atoms with Crippen molar-refractivity contribution in [1.29, 1.82) is 5.26 Å². The summed E-state index contributed by atoms with van der Waals surface area (Å²) in [6, 6.07) is 16.6. The molecule has 3 rings (SSSR count). The van der Waals surface area contributed by atoms with E-state index < -0.39 is 0 Å². The van der Waals surface area contributed by atoms with Gasteiger partial charge in [0.15, 0.2) is 0 Å². The molecule has 3 nitrogen and oxygen atoms in total. The number of anilines is 2. The second kappa shape index (κ2) is 5.79. The van der Waals surface area contributed by atoms with Crippen molar-refractivity contribution < 1.29 is 0 Å². The topological polar surface area (TPSA) is 53.0 Å². The van der Waals surface area contributed by atoms with Gasteiger partial charge in [-0.3, -0.25) is 0 Å². The Bertz CT molecular complexity index is 701. The van der Waals surface area contributed by atoms with Gasteiger partial charge >= 0.3 is 0 Å². The Hall–Kier alpha value is -1.99. The highest BCUT2D eigenvalue weighted by atomic mass is 79.9. The van der Waals surface area contributed by atoms with Gasteiger partial charge in [0.1, 0.15) is 6.07 Å². The van der Waals surface area contributed by atoms with Gasteiger partial charge in [0.05, 0.1) is 5.56 Å². The van der Waals surface area contributed by atoms with Crippen molar-refractivity contribution in [1.82, 2.24) is 0 Å². The van der Waals surface area contributed by atoms with Gasteiger partial charge in [-0.05, 0) is 58.6 Å². The molecule has 0 spiro atoms. The number of hydrogen-bond acceptors (Lipinski definition) is 3. The third-order valence-electron chi connectivity index (χ3n) is 3.79. The van der Waals surface area contributed by atoms with Gasteiger partial charge in [0.25, 0.3) is 0 Å². The highest BCUT2D eigenvalue weighted by Gasteiger charge is 2.29. The molecule has 1 fully saturated rings. The van der Waals surface area contributed by atoms with E-state index in [0.717, 1.165) is 28.0 Å². The molecule has 2 aromatic carbocycles. The number of hydrogen-bond donors (Lipinski definition) is 1. The molecule has 0 atom stereocenters. The molecule has 2 aromatic rings. The van der Waals surface area contributed by atoms with Crippen molar-refractivity contribution in [3.05, 3.63) is 58.1 Å². The summed E-state index contributed by atoms with van der Waals surface area (Å²) in [4.78, 5) is 2.37. The van der Waals surface area contributed by atoms with Crippen LogP contribution >= 0.6 is 15.9 Å². The summed E-state index contributed by atoms with van der Waals surface area (Å²) in [5, 5.41) is 9.03. The monoisotopic (exact) mass is 341 g/mol. The number of nitrogen functional groups attached to an aromatic ring is 1. The highest BCUT2D eigenvalue weighted by molar-refractivity contribution is 9.10. The molecule has 1 aliphatic carbocycles. The summed E-state index contributed by atoms with van der Waals surface area (Å²) in [7, 11) is 0. The van der Waals surface area contributed by atoms with E-state index in [-0.39, 0.29) is 0 Å². The Kier molecular flexibility index (Phi) is 3.85. The third-order valence-corrected chi connectivity index (χ3v) is 4.44. The fourth-order valence-corrected chi connectivity index (χ4v) is 2.91. The van der Waals surface area contributed by atoms with Crippen molar-refractivity contribution in [2.45, 2.75) is 25.4 Å². The predicted molar refractivity (Wildman–Crippen MR) is 88.9 cm³/mol. The summed E-state index contributed by atoms with van der Waals surface area (Å²) in [5.74, 6) is 0. The molecule has 1 aliphatic rings. The van der Waals surface area contributed by atoms with Gasteiger partial charge in [-0.2, -0.15) is 5.26 Å². The van der Waals surface area contributed by atoms with Crippen LogP contribution in [0.2, 0.25) is 0 Å². The molecule has 0 saturated heterocycles. The Morgan fingerprint density at radius 2 is 2.00 bits per heavy atom. The Morgan fingerprint density at radius 3 is 2.62 bits per heavy atom. The van der Waals surface area contributed by atoms with Crippen molar-refractivity contribution in [2.75, 3.05) is 10.6 Å². The molecule has 0 unspecified atom stereocenters. The molecule has 0 aliphatic heterocycles. The zero-order valence-electron chi connectivity index (χ0n) is 11.6. The molecule has 0 aromatic heterocycles. The second-order valence-corrected chi connectivity index (χ2v) is 6.19. The minimum Gasteiger partial charge on any atom is -0.398 e. The number of nitrogens with two attached hydrogens (primary N) is 1. The van der Waals surface area contributed by atoms with Crippen LogP contribution in [-0.4, -0.2) is 6.04 Å². The Morgan fingerprint density at radius 1 is 1.24 bits per heavy atom. The summed E-state index contributed by atoms with van der Waals surface area (Å²) in [6.45, 7) is 0.801. The van der Waals surface area contributed by atoms with Gasteiger partial charge in [-0.15, -0.1) is 0 Å². The largest absolute Gasteiger partial charge is 0.398 e. The molecular weight excluding hydrogens is 326 g/mol. The van der Waals surface area contributed by atoms with Crippen LogP contribution in [0, 0.1) is 11.3 Å². The molecule has 1 saturated carbocycles. The summed E-state index contributed by atoms with van der Waals surface area (Å²) >= 11 is 3.47. The van der Waals surface area contributed by atoms with E-state index in [1.165, 1.54) is 12.8 Å². The van der Waals surface area contributed by atoms with E-state index in [4.69, 9.17) is 11.0 Å². The number of nitriles is 1. The van der Waals surface area contributed by atoms with Gasteiger partial charge in [0, 0.05) is 28.4 Å². The first kappa shape index (κ1) is 14.0. The lowest BCUT2D eigenvalue weighted by atomic mass is 10.1. The number of nitrogens with zero attached hydrogens (tertiary/aromatic N) is 2. The molecule has 4 heteroatoms. The quantitative estimate of drug-likeness (QED) is 0.852. The molecule has 0 heterocycles. The molecule has 0 amide bonds. The highest BCUT2D eigenvalue weighted by Crippen LogP contribution is 2.35. The average Bonchev–Trinajstić information content (AvgIpc) is 3.31. The lowest BCUT2D eigenvalue weighted by molar-refractivity contribution is 0.795. The van der Waals surface area contributed by atoms with Crippen molar-refractivity contribution in [2.24, 2.45) is 0 Å². The number of benzene rings is 2. The minimum absolute atomic E-state index is 0.574. The summed E-state index contributed by atoms with van der Waals surface area (Å²) < 4.78 is 0.842. The summed E-state index contributed by atoms with van der Waals surface area (Å²) in [5.41, 5.74) is 9.83. The van der Waals surface area contributed by atoms with Crippen LogP contribution in [0.4, 0.5) is 11.4 Å². The van der Waals surface area contributed by atoms with Crippen LogP contribution < -0.4 is 10.6 Å². The first-order valence-electron chi connectivity index (χ1n) is 6.98. The molecule has 21 heavy (non-hydrogen) atoms. The van der Waals surface area contributed by atoms with Gasteiger partial charge in [-0.1, -0.05) is 18.2 Å². The Labute approximate surface area is 133 Å². The van der Waals surface area contributed by atoms with E-state index >= 15 is 0 Å². The lowest BCUT2D eigenvalue weighted by Gasteiger charge is -2.26. The zero-order chi connectivity index (χ0) is 14.8. The van der Waals surface area contributed by atoms with Crippen molar-refractivity contribution >= 4 is 27.3 Å². The van der Waals surface area contributed by atoms with E-state index in [1.807, 2.05) is 36.4 Å². The van der Waals surface area contributed by atoms with E-state index in [9.17, 15) is 0 Å². The number of rotatable bonds is 4. The van der Waals surface area contributed by atoms with Crippen LogP contribution in [0.1, 0.15) is 24.0 Å². The van der Waals surface area contributed by atoms with Gasteiger partial charge < -0.3 is 10.6 Å². The lowest BCUT2D eigenvalue weighted by Crippen LogP contribution is -2.25. The molecule has 2 N–H and O–H groups in total. The van der Waals surface area contributed by atoms with E-state index in [2.05, 4.69) is 33.0 Å². The van der Waals surface area contributed by atoms with Crippen LogP contribution in [-0.2, 0) is 6.54 Å². The van der Waals surface area contributed by atoms with Crippen molar-refractivity contribution in [3.8, 4) is 6.07 Å². The maximum atomic E-state index is 9.03. The molecule has 106 valence electrons. The zero-order valence-corrected chi connectivity index (χ0v) is 13.2. The standard InChI is InChI=1S/C17H16BrN3/c18-16-9-15(6-5-12(16)10-19)21(14-7-8-14)11-13-3-1-2-4-17(13)20/h1-6,9,14H,7-8,11,20H2. The SMILES string of the molecule is N#Cc1ccc(N(Cc2ccccc2N)C2CC2)cc1Br. The van der Waals surface area contributed by atoms with Crippen LogP contribution in [0.25, 0.3) is 0 Å². The third kappa shape index (κ3) is 3.03. The molecular formula is C17H16BrN3. The normalized spacial score (nSPS) is 13.7. The fourth-order valence-electron chi connectivity index (χ4n) is 2.45. The number of para-hydroxylation sites is 1. The van der Waals surface area contributed by atoms with E-state index in [0.29, 0.717) is 11.6 Å². The van der Waals surface area contributed by atoms with Crippen LogP contribution in [0.15, 0.2) is 46.9 Å². The minimum atomic E-state index is 0.574. The predicted octanol–water partition coefficient (Wildman–Crippen LogP) is 4.07. The maximum Gasteiger partial charge on any atom is 0.100 e. The summed E-state index contributed by atoms with van der Waals surface area (Å²) in [6.07, 6.45) is 2.43. The smallest absolute Gasteiger partial charge is 0.100 e. The first-order chi connectivity index (χ1) is 10.2. The first-order valence-corrected chi connectivity index (χ1v) is 7.78. The Balaban J connectivity index is 1.90. The van der Waals surface area contributed by atoms with Crippen LogP contribution in [0.3, 0.4) is 0 Å².